The van der Waals surface area contributed by atoms with E-state index in [1.807, 2.05) is 73.7 Å². The summed E-state index contributed by atoms with van der Waals surface area (Å²) < 4.78 is 11.2. The molecule has 0 saturated carbocycles. The minimum atomic E-state index is -0.265. The van der Waals surface area contributed by atoms with Gasteiger partial charge in [-0.25, -0.2) is 4.98 Å². The second-order valence-electron chi connectivity index (χ2n) is 6.93. The van der Waals surface area contributed by atoms with E-state index in [0.717, 1.165) is 27.7 Å². The summed E-state index contributed by atoms with van der Waals surface area (Å²) in [6.07, 6.45) is 0. The number of rotatable bonds is 6. The van der Waals surface area contributed by atoms with Crippen LogP contribution in [0.15, 0.2) is 78.9 Å². The number of anilines is 1. The maximum absolute atomic E-state index is 12.5. The molecule has 4 aromatic rings. The minimum Gasteiger partial charge on any atom is -0.495 e. The Morgan fingerprint density at radius 1 is 0.933 bits per heavy atom. The fraction of sp³-hybridized carbons (Fsp3) is 0.120. The molecule has 0 atom stereocenters. The van der Waals surface area contributed by atoms with E-state index in [1.54, 1.807) is 19.2 Å². The third kappa shape index (κ3) is 4.25. The third-order valence-corrected chi connectivity index (χ3v) is 4.74. The number of aromatic nitrogens is 1. The Kier molecular flexibility index (Phi) is 5.61. The van der Waals surface area contributed by atoms with Crippen molar-refractivity contribution < 1.29 is 14.3 Å². The first kappa shape index (κ1) is 19.5. The molecule has 1 amide bonds. The van der Waals surface area contributed by atoms with E-state index in [1.165, 1.54) is 0 Å². The molecular formula is C25H22N2O3. The Labute approximate surface area is 175 Å². The van der Waals surface area contributed by atoms with Crippen molar-refractivity contribution >= 4 is 22.5 Å². The normalized spacial score (nSPS) is 10.6. The van der Waals surface area contributed by atoms with Crippen LogP contribution >= 0.6 is 0 Å². The number of nitrogens with one attached hydrogen (secondary N) is 1. The lowest BCUT2D eigenvalue weighted by Gasteiger charge is -2.13. The Hall–Kier alpha value is -3.86. The zero-order valence-electron chi connectivity index (χ0n) is 16.9. The molecule has 0 spiro atoms. The van der Waals surface area contributed by atoms with Gasteiger partial charge in [0.1, 0.15) is 11.5 Å². The van der Waals surface area contributed by atoms with Crippen molar-refractivity contribution in [3.8, 4) is 22.8 Å². The van der Waals surface area contributed by atoms with E-state index in [4.69, 9.17) is 14.5 Å². The Morgan fingerprint density at radius 3 is 2.50 bits per heavy atom. The highest BCUT2D eigenvalue weighted by Crippen LogP contribution is 2.31. The van der Waals surface area contributed by atoms with Crippen LogP contribution in [0.1, 0.15) is 5.56 Å². The number of amides is 1. The van der Waals surface area contributed by atoms with Crippen LogP contribution in [0.2, 0.25) is 0 Å². The van der Waals surface area contributed by atoms with E-state index in [-0.39, 0.29) is 12.5 Å². The van der Waals surface area contributed by atoms with Gasteiger partial charge in [-0.05, 0) is 31.2 Å². The average molecular weight is 398 g/mol. The van der Waals surface area contributed by atoms with Crippen molar-refractivity contribution in [3.63, 3.8) is 0 Å². The lowest BCUT2D eigenvalue weighted by atomic mass is 10.1. The summed E-state index contributed by atoms with van der Waals surface area (Å²) in [7, 11) is 1.57. The van der Waals surface area contributed by atoms with Gasteiger partial charge in [-0.3, -0.25) is 4.79 Å². The number of nitrogens with zero attached hydrogens (tertiary/aromatic N) is 1. The van der Waals surface area contributed by atoms with Crippen molar-refractivity contribution in [3.05, 3.63) is 84.4 Å². The van der Waals surface area contributed by atoms with E-state index < -0.39 is 0 Å². The number of ether oxygens (including phenoxy) is 2. The summed E-state index contributed by atoms with van der Waals surface area (Å²) in [5.74, 6) is 0.957. The molecule has 1 N–H and O–H groups in total. The molecule has 4 rings (SSSR count). The van der Waals surface area contributed by atoms with Crippen molar-refractivity contribution in [1.29, 1.82) is 0 Å². The molecule has 0 aliphatic heterocycles. The average Bonchev–Trinajstić information content (AvgIpc) is 2.78. The van der Waals surface area contributed by atoms with Gasteiger partial charge >= 0.3 is 0 Å². The SMILES string of the molecule is COc1ccccc1NC(=O)COc1cc(-c2ccccc2)nc2ccc(C)cc12. The fourth-order valence-electron chi connectivity index (χ4n) is 3.26. The van der Waals surface area contributed by atoms with Crippen molar-refractivity contribution in [1.82, 2.24) is 4.98 Å². The number of hydrogen-bond acceptors (Lipinski definition) is 4. The first-order valence-corrected chi connectivity index (χ1v) is 9.66. The lowest BCUT2D eigenvalue weighted by molar-refractivity contribution is -0.118. The van der Waals surface area contributed by atoms with Crippen molar-refractivity contribution in [2.75, 3.05) is 19.0 Å². The number of benzene rings is 3. The van der Waals surface area contributed by atoms with Gasteiger partial charge in [-0.2, -0.15) is 0 Å². The van der Waals surface area contributed by atoms with E-state index in [0.29, 0.717) is 17.2 Å². The van der Waals surface area contributed by atoms with Crippen LogP contribution in [0.3, 0.4) is 0 Å². The summed E-state index contributed by atoms with van der Waals surface area (Å²) >= 11 is 0. The Balaban J connectivity index is 1.61. The predicted octanol–water partition coefficient (Wildman–Crippen LogP) is 5.24. The van der Waals surface area contributed by atoms with Crippen LogP contribution < -0.4 is 14.8 Å². The standard InChI is InChI=1S/C25H22N2O3/c1-17-12-13-20-19(14-17)24(15-22(26-20)18-8-4-3-5-9-18)30-16-25(28)27-21-10-6-7-11-23(21)29-2/h3-15H,16H2,1-2H3,(H,27,28). The maximum Gasteiger partial charge on any atom is 0.262 e. The number of aryl methyl sites for hydroxylation is 1. The molecule has 0 bridgehead atoms. The van der Waals surface area contributed by atoms with E-state index in [9.17, 15) is 4.79 Å². The van der Waals surface area contributed by atoms with Crippen LogP contribution in [0.25, 0.3) is 22.2 Å². The summed E-state index contributed by atoms with van der Waals surface area (Å²) in [6.45, 7) is 1.89. The molecule has 150 valence electrons. The Morgan fingerprint density at radius 2 is 1.70 bits per heavy atom. The molecule has 0 unspecified atom stereocenters. The van der Waals surface area contributed by atoms with Gasteiger partial charge in [0.15, 0.2) is 6.61 Å². The quantitative estimate of drug-likeness (QED) is 0.483. The molecule has 0 aliphatic carbocycles. The molecule has 1 heterocycles. The smallest absolute Gasteiger partial charge is 0.262 e. The van der Waals surface area contributed by atoms with E-state index >= 15 is 0 Å². The second-order valence-corrected chi connectivity index (χ2v) is 6.93. The van der Waals surface area contributed by atoms with Gasteiger partial charge in [-0.15, -0.1) is 0 Å². The monoisotopic (exact) mass is 398 g/mol. The number of methoxy groups -OCH3 is 1. The highest BCUT2D eigenvalue weighted by Gasteiger charge is 2.12. The zero-order valence-corrected chi connectivity index (χ0v) is 16.9. The molecule has 0 radical (unpaired) electrons. The molecular weight excluding hydrogens is 376 g/mol. The predicted molar refractivity (Wildman–Crippen MR) is 119 cm³/mol. The van der Waals surface area contributed by atoms with Crippen LogP contribution in [-0.2, 0) is 4.79 Å². The van der Waals surface area contributed by atoms with Crippen LogP contribution in [-0.4, -0.2) is 24.6 Å². The van der Waals surface area contributed by atoms with Gasteiger partial charge in [-0.1, -0.05) is 54.1 Å². The lowest BCUT2D eigenvalue weighted by Crippen LogP contribution is -2.20. The number of carbonyl (C=O) groups is 1. The van der Waals surface area contributed by atoms with Crippen LogP contribution in [0.5, 0.6) is 11.5 Å². The molecule has 5 heteroatoms. The summed E-state index contributed by atoms with van der Waals surface area (Å²) in [5, 5.41) is 3.71. The fourth-order valence-corrected chi connectivity index (χ4v) is 3.26. The summed E-state index contributed by atoms with van der Waals surface area (Å²) in [5.41, 5.74) is 4.31. The van der Waals surface area contributed by atoms with Crippen LogP contribution in [0, 0.1) is 6.92 Å². The highest BCUT2D eigenvalue weighted by atomic mass is 16.5. The number of fused-ring (bicyclic) bond motifs is 1. The molecule has 0 fully saturated rings. The van der Waals surface area contributed by atoms with E-state index in [2.05, 4.69) is 5.32 Å². The number of hydrogen-bond donors (Lipinski definition) is 1. The number of carbonyl (C=O) groups excluding carboxylic acids is 1. The first-order valence-electron chi connectivity index (χ1n) is 9.66. The molecule has 3 aromatic carbocycles. The third-order valence-electron chi connectivity index (χ3n) is 4.74. The van der Waals surface area contributed by atoms with Crippen molar-refractivity contribution in [2.24, 2.45) is 0 Å². The van der Waals surface area contributed by atoms with Crippen LogP contribution in [0.4, 0.5) is 5.69 Å². The summed E-state index contributed by atoms with van der Waals surface area (Å²) in [6, 6.07) is 25.1. The van der Waals surface area contributed by atoms with Gasteiger partial charge < -0.3 is 14.8 Å². The minimum absolute atomic E-state index is 0.126. The molecule has 5 nitrogen and oxygen atoms in total. The first-order chi connectivity index (χ1) is 14.6. The van der Waals surface area contributed by atoms with Crippen molar-refractivity contribution in [2.45, 2.75) is 6.92 Å². The largest absolute Gasteiger partial charge is 0.495 e. The maximum atomic E-state index is 12.5. The summed E-state index contributed by atoms with van der Waals surface area (Å²) in [4.78, 5) is 17.3. The highest BCUT2D eigenvalue weighted by molar-refractivity contribution is 5.94. The van der Waals surface area contributed by atoms with Gasteiger partial charge in [0.2, 0.25) is 0 Å². The number of pyridine rings is 1. The molecule has 1 aromatic heterocycles. The number of para-hydroxylation sites is 2. The second kappa shape index (κ2) is 8.66. The Bertz CT molecular complexity index is 1190. The van der Waals surface area contributed by atoms with Gasteiger partial charge in [0, 0.05) is 17.0 Å². The zero-order chi connectivity index (χ0) is 20.9. The molecule has 30 heavy (non-hydrogen) atoms. The molecule has 0 aliphatic rings. The van der Waals surface area contributed by atoms with Gasteiger partial charge in [0.05, 0.1) is 24.0 Å². The molecule has 0 saturated heterocycles. The topological polar surface area (TPSA) is 60.5 Å². The van der Waals surface area contributed by atoms with Gasteiger partial charge in [0.25, 0.3) is 5.91 Å².